The Morgan fingerprint density at radius 1 is 1.11 bits per heavy atom. The van der Waals surface area contributed by atoms with Crippen LogP contribution in [0.5, 0.6) is 0 Å². The second-order valence-corrected chi connectivity index (χ2v) is 9.87. The van der Waals surface area contributed by atoms with Gasteiger partial charge in [0.05, 0.1) is 5.56 Å². The predicted molar refractivity (Wildman–Crippen MR) is 130 cm³/mol. The smallest absolute Gasteiger partial charge is 0.333 e. The van der Waals surface area contributed by atoms with Crippen LogP contribution in [0.1, 0.15) is 42.6 Å². The molecule has 10 nitrogen and oxygen atoms in total. The van der Waals surface area contributed by atoms with Crippen molar-refractivity contribution in [2.75, 3.05) is 25.0 Å². The lowest BCUT2D eigenvalue weighted by Gasteiger charge is -2.42. The SMILES string of the molecule is Cc1ccc(F)c(C(=O)N[C@@H](C(=O)N2CCC3(CC2)C(=O)N(C)C(=O)N3c2ccn(C)n2)C(C)C)c1. The Labute approximate surface area is 209 Å². The number of likely N-dealkylation sites (tertiary alicyclic amines) is 1. The molecule has 4 rings (SSSR count). The molecular weight excluding hydrogens is 467 g/mol. The van der Waals surface area contributed by atoms with Crippen LogP contribution in [0, 0.1) is 18.7 Å². The number of anilines is 1. The molecule has 2 aliphatic rings. The fourth-order valence-corrected chi connectivity index (χ4v) is 4.94. The number of aromatic nitrogens is 2. The van der Waals surface area contributed by atoms with Crippen molar-refractivity contribution < 1.29 is 23.6 Å². The van der Waals surface area contributed by atoms with Crippen LogP contribution in [0.15, 0.2) is 30.5 Å². The number of nitrogens with one attached hydrogen (secondary N) is 1. The summed E-state index contributed by atoms with van der Waals surface area (Å²) in [6.45, 7) is 5.79. The lowest BCUT2D eigenvalue weighted by Crippen LogP contribution is -2.60. The zero-order chi connectivity index (χ0) is 26.4. The zero-order valence-electron chi connectivity index (χ0n) is 21.1. The fourth-order valence-electron chi connectivity index (χ4n) is 4.94. The highest BCUT2D eigenvalue weighted by Gasteiger charge is 2.58. The highest BCUT2D eigenvalue weighted by Crippen LogP contribution is 2.39. The minimum atomic E-state index is -1.13. The molecule has 2 saturated heterocycles. The standard InChI is InChI=1S/C25H31FN6O4/c1-15(2)20(27-21(33)17-14-16(3)6-7-18(17)26)22(34)31-12-9-25(10-13-31)23(35)30(5)24(36)32(25)19-8-11-29(4)28-19/h6-8,11,14-15,20H,9-10,12-13H2,1-5H3,(H,27,33)/t20-/m1/s1. The van der Waals surface area contributed by atoms with Crippen molar-refractivity contribution in [1.82, 2.24) is 24.9 Å². The molecule has 36 heavy (non-hydrogen) atoms. The van der Waals surface area contributed by atoms with Crippen molar-refractivity contribution in [3.05, 3.63) is 47.4 Å². The molecule has 2 aromatic rings. The summed E-state index contributed by atoms with van der Waals surface area (Å²) in [5.41, 5.74) is -0.512. The Kier molecular flexibility index (Phi) is 6.59. The number of aryl methyl sites for hydroxylation is 2. The first kappa shape index (κ1) is 25.3. The molecule has 1 N–H and O–H groups in total. The number of benzene rings is 1. The third-order valence-electron chi connectivity index (χ3n) is 7.03. The number of halogens is 1. The van der Waals surface area contributed by atoms with Crippen molar-refractivity contribution in [3.63, 3.8) is 0 Å². The summed E-state index contributed by atoms with van der Waals surface area (Å²) in [5.74, 6) is -1.82. The molecule has 0 unspecified atom stereocenters. The summed E-state index contributed by atoms with van der Waals surface area (Å²) in [6, 6.07) is 4.60. The Bertz CT molecular complexity index is 1220. The van der Waals surface area contributed by atoms with Crippen LogP contribution in [0.3, 0.4) is 0 Å². The van der Waals surface area contributed by atoms with Crippen LogP contribution >= 0.6 is 0 Å². The maximum Gasteiger partial charge on any atom is 0.333 e. The fraction of sp³-hybridized carbons (Fsp3) is 0.480. The zero-order valence-corrected chi connectivity index (χ0v) is 21.1. The Morgan fingerprint density at radius 2 is 1.78 bits per heavy atom. The monoisotopic (exact) mass is 498 g/mol. The van der Waals surface area contributed by atoms with Gasteiger partial charge in [0.15, 0.2) is 5.82 Å². The highest BCUT2D eigenvalue weighted by molar-refractivity contribution is 6.16. The molecule has 2 aliphatic heterocycles. The van der Waals surface area contributed by atoms with Crippen LogP contribution in [-0.4, -0.2) is 75.1 Å². The number of rotatable bonds is 5. The van der Waals surface area contributed by atoms with Gasteiger partial charge in [-0.1, -0.05) is 25.5 Å². The topological polar surface area (TPSA) is 108 Å². The number of likely N-dealkylation sites (N-methyl/N-ethyl adjacent to an activating group) is 1. The molecule has 2 fully saturated rings. The van der Waals surface area contributed by atoms with E-state index in [4.69, 9.17) is 0 Å². The lowest BCUT2D eigenvalue weighted by molar-refractivity contribution is -0.139. The Morgan fingerprint density at radius 3 is 2.36 bits per heavy atom. The second kappa shape index (κ2) is 9.36. The molecule has 0 saturated carbocycles. The van der Waals surface area contributed by atoms with E-state index >= 15 is 0 Å². The molecule has 3 heterocycles. The quantitative estimate of drug-likeness (QED) is 0.635. The van der Waals surface area contributed by atoms with E-state index in [0.29, 0.717) is 5.82 Å². The number of hydrogen-bond acceptors (Lipinski definition) is 5. The number of nitrogens with zero attached hydrogens (tertiary/aromatic N) is 5. The molecule has 5 amide bonds. The van der Waals surface area contributed by atoms with Gasteiger partial charge in [-0.15, -0.1) is 0 Å². The first-order valence-corrected chi connectivity index (χ1v) is 11.9. The van der Waals surface area contributed by atoms with E-state index in [9.17, 15) is 23.6 Å². The van der Waals surface area contributed by atoms with Crippen molar-refractivity contribution in [2.24, 2.45) is 13.0 Å². The van der Waals surface area contributed by atoms with Gasteiger partial charge in [-0.05, 0) is 37.8 Å². The minimum Gasteiger partial charge on any atom is -0.341 e. The van der Waals surface area contributed by atoms with Crippen LogP contribution in [0.25, 0.3) is 0 Å². The van der Waals surface area contributed by atoms with Gasteiger partial charge in [0.25, 0.3) is 11.8 Å². The maximum absolute atomic E-state index is 14.2. The molecule has 1 spiro atoms. The second-order valence-electron chi connectivity index (χ2n) is 9.87. The molecule has 11 heteroatoms. The first-order valence-electron chi connectivity index (χ1n) is 11.9. The van der Waals surface area contributed by atoms with Crippen LogP contribution in [-0.2, 0) is 16.6 Å². The molecule has 0 bridgehead atoms. The van der Waals surface area contributed by atoms with E-state index in [0.717, 1.165) is 10.5 Å². The summed E-state index contributed by atoms with van der Waals surface area (Å²) in [4.78, 5) is 56.5. The third kappa shape index (κ3) is 4.22. The minimum absolute atomic E-state index is 0.116. The summed E-state index contributed by atoms with van der Waals surface area (Å²) >= 11 is 0. The molecule has 0 aliphatic carbocycles. The van der Waals surface area contributed by atoms with Crippen LogP contribution < -0.4 is 10.2 Å². The maximum atomic E-state index is 14.2. The lowest BCUT2D eigenvalue weighted by atomic mass is 9.85. The summed E-state index contributed by atoms with van der Waals surface area (Å²) in [5, 5.41) is 7.02. The van der Waals surface area contributed by atoms with E-state index < -0.39 is 29.3 Å². The van der Waals surface area contributed by atoms with Gasteiger partial charge in [0.1, 0.15) is 17.4 Å². The van der Waals surface area contributed by atoms with Gasteiger partial charge in [-0.25, -0.2) is 9.18 Å². The average molecular weight is 499 g/mol. The van der Waals surface area contributed by atoms with Gasteiger partial charge >= 0.3 is 6.03 Å². The summed E-state index contributed by atoms with van der Waals surface area (Å²) < 4.78 is 15.8. The van der Waals surface area contributed by atoms with E-state index in [1.54, 1.807) is 55.7 Å². The molecule has 0 radical (unpaired) electrons. The molecule has 1 aromatic carbocycles. The number of amides is 5. The Hall–Kier alpha value is -3.76. The van der Waals surface area contributed by atoms with Gasteiger partial charge in [0, 0.05) is 39.4 Å². The summed E-state index contributed by atoms with van der Waals surface area (Å²) in [6.07, 6.45) is 2.16. The Balaban J connectivity index is 1.52. The number of carbonyl (C=O) groups excluding carboxylic acids is 4. The number of piperidine rings is 1. The van der Waals surface area contributed by atoms with E-state index in [1.165, 1.54) is 24.1 Å². The van der Waals surface area contributed by atoms with Crippen molar-refractivity contribution in [2.45, 2.75) is 45.2 Å². The predicted octanol–water partition coefficient (Wildman–Crippen LogP) is 2.08. The van der Waals surface area contributed by atoms with Crippen LogP contribution in [0.4, 0.5) is 15.0 Å². The van der Waals surface area contributed by atoms with Gasteiger partial charge in [0.2, 0.25) is 5.91 Å². The van der Waals surface area contributed by atoms with E-state index in [-0.39, 0.29) is 49.2 Å². The normalized spacial score (nSPS) is 18.4. The van der Waals surface area contributed by atoms with Crippen LogP contribution in [0.2, 0.25) is 0 Å². The summed E-state index contributed by atoms with van der Waals surface area (Å²) in [7, 11) is 3.17. The van der Waals surface area contributed by atoms with Gasteiger partial charge < -0.3 is 10.2 Å². The van der Waals surface area contributed by atoms with Crippen molar-refractivity contribution in [3.8, 4) is 0 Å². The van der Waals surface area contributed by atoms with Crippen molar-refractivity contribution >= 4 is 29.6 Å². The number of hydrogen-bond donors (Lipinski definition) is 1. The molecular formula is C25H31FN6O4. The average Bonchev–Trinajstić information content (AvgIpc) is 3.34. The van der Waals surface area contributed by atoms with E-state index in [1.807, 2.05) is 0 Å². The molecule has 192 valence electrons. The number of urea groups is 1. The number of imide groups is 1. The van der Waals surface area contributed by atoms with Gasteiger partial charge in [-0.3, -0.25) is 28.9 Å². The molecule has 1 aromatic heterocycles. The highest BCUT2D eigenvalue weighted by atomic mass is 19.1. The number of carbonyl (C=O) groups is 4. The largest absolute Gasteiger partial charge is 0.341 e. The third-order valence-corrected chi connectivity index (χ3v) is 7.03. The first-order chi connectivity index (χ1) is 17.0. The molecule has 1 atom stereocenters. The van der Waals surface area contributed by atoms with E-state index in [2.05, 4.69) is 10.4 Å². The van der Waals surface area contributed by atoms with Gasteiger partial charge in [-0.2, -0.15) is 5.10 Å². The van der Waals surface area contributed by atoms with Crippen molar-refractivity contribution in [1.29, 1.82) is 0 Å².